The Morgan fingerprint density at radius 3 is 2.76 bits per heavy atom. The lowest BCUT2D eigenvalue weighted by Gasteiger charge is -2.26. The Morgan fingerprint density at radius 2 is 2.24 bits per heavy atom. The van der Waals surface area contributed by atoms with Gasteiger partial charge in [0.15, 0.2) is 0 Å². The Morgan fingerprint density at radius 1 is 1.47 bits per heavy atom. The van der Waals surface area contributed by atoms with Gasteiger partial charge in [-0.15, -0.1) is 0 Å². The van der Waals surface area contributed by atoms with E-state index in [-0.39, 0.29) is 17.9 Å². The molecule has 2 aliphatic heterocycles. The van der Waals surface area contributed by atoms with Gasteiger partial charge in [0.2, 0.25) is 10.0 Å². The van der Waals surface area contributed by atoms with Gasteiger partial charge in [0.1, 0.15) is 0 Å². The monoisotopic (exact) mass is 264 g/mol. The molecule has 2 saturated heterocycles. The second-order valence-electron chi connectivity index (χ2n) is 4.72. The molecule has 7 heteroatoms. The highest BCUT2D eigenvalue weighted by Crippen LogP contribution is 2.18. The van der Waals surface area contributed by atoms with Crippen LogP contribution in [0.25, 0.3) is 0 Å². The average molecular weight is 264 g/mol. The molecule has 2 fully saturated rings. The number of β-amino-alcohol motifs (C(OH)–C–C–N with tert-alkyl or cyclic N) is 1. The van der Waals surface area contributed by atoms with Gasteiger partial charge in [0, 0.05) is 26.7 Å². The number of sulfonamides is 1. The summed E-state index contributed by atoms with van der Waals surface area (Å²) in [7, 11) is -1.82. The van der Waals surface area contributed by atoms with Crippen molar-refractivity contribution in [3.63, 3.8) is 0 Å². The zero-order valence-electron chi connectivity index (χ0n) is 10.0. The molecule has 2 aliphatic rings. The summed E-state index contributed by atoms with van der Waals surface area (Å²) in [6, 6.07) is -0.360. The molecule has 0 aromatic heterocycles. The van der Waals surface area contributed by atoms with Crippen LogP contribution in [0.2, 0.25) is 0 Å². The maximum absolute atomic E-state index is 12.1. The minimum atomic E-state index is -3.35. The van der Waals surface area contributed by atoms with E-state index in [0.29, 0.717) is 19.7 Å². The Hall–Kier alpha value is -0.210. The SMILES string of the molecule is CN([C@@H]1CNC[C@H]1O)S(=O)(=O)CC1CCCO1. The molecule has 3 atom stereocenters. The molecular weight excluding hydrogens is 244 g/mol. The third-order valence-corrected chi connectivity index (χ3v) is 5.42. The minimum Gasteiger partial charge on any atom is -0.390 e. The smallest absolute Gasteiger partial charge is 0.216 e. The van der Waals surface area contributed by atoms with Crippen LogP contribution in [0.3, 0.4) is 0 Å². The molecule has 0 bridgehead atoms. The Balaban J connectivity index is 1.98. The van der Waals surface area contributed by atoms with E-state index in [4.69, 9.17) is 4.74 Å². The number of hydrogen-bond donors (Lipinski definition) is 2. The van der Waals surface area contributed by atoms with Crippen LogP contribution in [0.5, 0.6) is 0 Å². The molecule has 1 unspecified atom stereocenters. The van der Waals surface area contributed by atoms with Crippen molar-refractivity contribution in [2.75, 3.05) is 32.5 Å². The zero-order valence-corrected chi connectivity index (χ0v) is 10.8. The molecule has 2 N–H and O–H groups in total. The van der Waals surface area contributed by atoms with Gasteiger partial charge in [-0.05, 0) is 12.8 Å². The number of rotatable bonds is 4. The van der Waals surface area contributed by atoms with Crippen LogP contribution >= 0.6 is 0 Å². The van der Waals surface area contributed by atoms with E-state index in [1.54, 1.807) is 0 Å². The van der Waals surface area contributed by atoms with E-state index >= 15 is 0 Å². The van der Waals surface area contributed by atoms with Crippen molar-refractivity contribution in [3.8, 4) is 0 Å². The predicted octanol–water partition coefficient (Wildman–Crippen LogP) is -1.24. The molecule has 0 saturated carbocycles. The highest BCUT2D eigenvalue weighted by Gasteiger charge is 2.36. The summed E-state index contributed by atoms with van der Waals surface area (Å²) in [4.78, 5) is 0. The topological polar surface area (TPSA) is 78.9 Å². The van der Waals surface area contributed by atoms with E-state index in [9.17, 15) is 13.5 Å². The van der Waals surface area contributed by atoms with Crippen LogP contribution < -0.4 is 5.32 Å². The van der Waals surface area contributed by atoms with Gasteiger partial charge >= 0.3 is 0 Å². The van der Waals surface area contributed by atoms with Gasteiger partial charge in [-0.1, -0.05) is 0 Å². The van der Waals surface area contributed by atoms with E-state index in [1.807, 2.05) is 0 Å². The maximum atomic E-state index is 12.1. The summed E-state index contributed by atoms with van der Waals surface area (Å²) < 4.78 is 30.9. The molecule has 2 rings (SSSR count). The lowest BCUT2D eigenvalue weighted by Crippen LogP contribution is -2.46. The van der Waals surface area contributed by atoms with E-state index < -0.39 is 16.1 Å². The molecule has 100 valence electrons. The fourth-order valence-corrected chi connectivity index (χ4v) is 3.95. The van der Waals surface area contributed by atoms with Crippen molar-refractivity contribution < 1.29 is 18.3 Å². The maximum Gasteiger partial charge on any atom is 0.216 e. The standard InChI is InChI=1S/C10H20N2O4S/c1-12(9-5-11-6-10(9)13)17(14,15)7-8-3-2-4-16-8/h8-11,13H,2-7H2,1H3/t8?,9-,10-/m1/s1. The molecule has 0 amide bonds. The van der Waals surface area contributed by atoms with Crippen molar-refractivity contribution in [2.45, 2.75) is 31.1 Å². The highest BCUT2D eigenvalue weighted by molar-refractivity contribution is 7.89. The summed E-state index contributed by atoms with van der Waals surface area (Å²) in [6.45, 7) is 1.60. The molecule has 0 aromatic carbocycles. The van der Waals surface area contributed by atoms with Crippen LogP contribution in [0, 0.1) is 0 Å². The van der Waals surface area contributed by atoms with Crippen LogP contribution in [0.1, 0.15) is 12.8 Å². The van der Waals surface area contributed by atoms with Crippen LogP contribution in [0.15, 0.2) is 0 Å². The second kappa shape index (κ2) is 5.19. The first-order chi connectivity index (χ1) is 8.00. The van der Waals surface area contributed by atoms with Gasteiger partial charge in [-0.3, -0.25) is 0 Å². The fourth-order valence-electron chi connectivity index (χ4n) is 2.36. The number of nitrogens with one attached hydrogen (secondary N) is 1. The first-order valence-electron chi connectivity index (χ1n) is 5.97. The number of aliphatic hydroxyl groups is 1. The Bertz CT molecular complexity index is 353. The Labute approximate surface area is 102 Å². The third kappa shape index (κ3) is 2.97. The second-order valence-corrected chi connectivity index (χ2v) is 6.80. The zero-order chi connectivity index (χ0) is 12.5. The largest absolute Gasteiger partial charge is 0.390 e. The first kappa shape index (κ1) is 13.2. The van der Waals surface area contributed by atoms with E-state index in [2.05, 4.69) is 5.32 Å². The average Bonchev–Trinajstić information content (AvgIpc) is 2.88. The van der Waals surface area contributed by atoms with Crippen molar-refractivity contribution in [1.29, 1.82) is 0 Å². The van der Waals surface area contributed by atoms with Gasteiger partial charge in [0.25, 0.3) is 0 Å². The lowest BCUT2D eigenvalue weighted by molar-refractivity contribution is 0.121. The normalized spacial score (nSPS) is 34.6. The molecule has 0 radical (unpaired) electrons. The number of aliphatic hydroxyl groups excluding tert-OH is 1. The van der Waals surface area contributed by atoms with Gasteiger partial charge in [-0.2, -0.15) is 4.31 Å². The van der Waals surface area contributed by atoms with Gasteiger partial charge < -0.3 is 15.2 Å². The summed E-state index contributed by atoms with van der Waals surface area (Å²) >= 11 is 0. The summed E-state index contributed by atoms with van der Waals surface area (Å²) in [5, 5.41) is 12.7. The van der Waals surface area contributed by atoms with Crippen molar-refractivity contribution in [2.24, 2.45) is 0 Å². The summed E-state index contributed by atoms with van der Waals surface area (Å²) in [5.74, 6) is 0.0206. The van der Waals surface area contributed by atoms with Crippen molar-refractivity contribution in [3.05, 3.63) is 0 Å². The molecule has 0 aliphatic carbocycles. The van der Waals surface area contributed by atoms with Crippen LogP contribution in [0.4, 0.5) is 0 Å². The first-order valence-corrected chi connectivity index (χ1v) is 7.58. The lowest BCUT2D eigenvalue weighted by atomic mass is 10.2. The molecule has 17 heavy (non-hydrogen) atoms. The predicted molar refractivity (Wildman–Crippen MR) is 63.2 cm³/mol. The van der Waals surface area contributed by atoms with Gasteiger partial charge in [-0.25, -0.2) is 8.42 Å². The van der Waals surface area contributed by atoms with Crippen molar-refractivity contribution in [1.82, 2.24) is 9.62 Å². The number of ether oxygens (including phenoxy) is 1. The van der Waals surface area contributed by atoms with E-state index in [0.717, 1.165) is 12.8 Å². The number of hydrogen-bond acceptors (Lipinski definition) is 5. The molecule has 6 nitrogen and oxygen atoms in total. The highest BCUT2D eigenvalue weighted by atomic mass is 32.2. The van der Waals surface area contributed by atoms with Crippen LogP contribution in [-0.4, -0.2) is 68.6 Å². The quantitative estimate of drug-likeness (QED) is 0.664. The fraction of sp³-hybridized carbons (Fsp3) is 1.00. The summed E-state index contributed by atoms with van der Waals surface area (Å²) in [5.41, 5.74) is 0. The molecule has 2 heterocycles. The van der Waals surface area contributed by atoms with E-state index in [1.165, 1.54) is 11.4 Å². The minimum absolute atomic E-state index is 0.0206. The number of nitrogens with zero attached hydrogens (tertiary/aromatic N) is 1. The summed E-state index contributed by atoms with van der Waals surface area (Å²) in [6.07, 6.45) is 0.920. The van der Waals surface area contributed by atoms with Crippen molar-refractivity contribution >= 4 is 10.0 Å². The molecule has 0 spiro atoms. The molecule has 0 aromatic rings. The molecular formula is C10H20N2O4S. The Kier molecular flexibility index (Phi) is 4.04. The third-order valence-electron chi connectivity index (χ3n) is 3.48. The number of likely N-dealkylation sites (N-methyl/N-ethyl adjacent to an activating group) is 1. The van der Waals surface area contributed by atoms with Crippen LogP contribution in [-0.2, 0) is 14.8 Å². The van der Waals surface area contributed by atoms with Gasteiger partial charge in [0.05, 0.1) is 24.0 Å².